The second-order valence-electron chi connectivity index (χ2n) is 3.40. The van der Waals surface area contributed by atoms with Crippen LogP contribution in [0.4, 0.5) is 0 Å². The van der Waals surface area contributed by atoms with E-state index in [2.05, 4.69) is 10.6 Å². The number of aliphatic hydroxyl groups excluding tert-OH is 2. The lowest BCUT2D eigenvalue weighted by atomic mass is 9.99. The second-order valence-corrected chi connectivity index (χ2v) is 3.40. The van der Waals surface area contributed by atoms with Crippen molar-refractivity contribution in [2.24, 2.45) is 0 Å². The molecule has 0 aromatic rings. The van der Waals surface area contributed by atoms with Crippen molar-refractivity contribution < 1.29 is 24.6 Å². The quantitative estimate of drug-likeness (QED) is 0.363. The molecule has 0 fully saturated rings. The lowest BCUT2D eigenvalue weighted by Crippen LogP contribution is -2.58. The Morgan fingerprint density at radius 3 is 2.19 bits per heavy atom. The number of rotatable bonds is 7. The molecule has 16 heavy (non-hydrogen) atoms. The molecule has 7 nitrogen and oxygen atoms in total. The van der Waals surface area contributed by atoms with Crippen LogP contribution in [0, 0.1) is 0 Å². The summed E-state index contributed by atoms with van der Waals surface area (Å²) in [6, 6.07) is -2.16. The first-order chi connectivity index (χ1) is 7.43. The van der Waals surface area contributed by atoms with Crippen molar-refractivity contribution in [2.45, 2.75) is 38.1 Å². The highest BCUT2D eigenvalue weighted by Crippen LogP contribution is 2.03. The smallest absolute Gasteiger partial charge is 0.217 e. The number of nitrogens with one attached hydrogen (secondary N) is 2. The SMILES string of the molecule is CC(=O)N[C@H](C=O)[C@@H](NC=O)[C@H](O)[C@@H](C)O. The van der Waals surface area contributed by atoms with Crippen molar-refractivity contribution in [3.63, 3.8) is 0 Å². The molecule has 0 unspecified atom stereocenters. The van der Waals surface area contributed by atoms with Crippen molar-refractivity contribution in [3.8, 4) is 0 Å². The molecule has 0 aromatic heterocycles. The Morgan fingerprint density at radius 2 is 1.88 bits per heavy atom. The minimum atomic E-state index is -1.35. The summed E-state index contributed by atoms with van der Waals surface area (Å²) < 4.78 is 0. The molecule has 0 aliphatic heterocycles. The van der Waals surface area contributed by atoms with E-state index in [1.165, 1.54) is 13.8 Å². The number of aliphatic hydroxyl groups is 2. The maximum absolute atomic E-state index is 10.8. The van der Waals surface area contributed by atoms with Gasteiger partial charge in [-0.2, -0.15) is 0 Å². The standard InChI is InChI=1S/C9H16N2O5/c1-5(14)9(16)8(10-4-13)7(3-12)11-6(2)15/h3-5,7-9,14,16H,1-2H3,(H,10,13)(H,11,15)/t5-,7-,8-,9-/m1/s1. The molecule has 0 aliphatic rings. The summed E-state index contributed by atoms with van der Waals surface area (Å²) in [6.07, 6.45) is -1.83. The molecule has 4 N–H and O–H groups in total. The van der Waals surface area contributed by atoms with E-state index in [1.807, 2.05) is 0 Å². The van der Waals surface area contributed by atoms with Crippen LogP contribution in [0.1, 0.15) is 13.8 Å². The Hall–Kier alpha value is -1.47. The molecular formula is C9H16N2O5. The molecule has 92 valence electrons. The maximum Gasteiger partial charge on any atom is 0.217 e. The lowest BCUT2D eigenvalue weighted by Gasteiger charge is -2.28. The Balaban J connectivity index is 4.76. The van der Waals surface area contributed by atoms with Crippen LogP contribution in [0.25, 0.3) is 0 Å². The van der Waals surface area contributed by atoms with Gasteiger partial charge in [0.25, 0.3) is 0 Å². The van der Waals surface area contributed by atoms with E-state index in [9.17, 15) is 19.5 Å². The van der Waals surface area contributed by atoms with Crippen molar-refractivity contribution in [2.75, 3.05) is 0 Å². The van der Waals surface area contributed by atoms with Crippen LogP contribution in [0.2, 0.25) is 0 Å². The summed E-state index contributed by atoms with van der Waals surface area (Å²) in [5, 5.41) is 23.1. The van der Waals surface area contributed by atoms with E-state index in [4.69, 9.17) is 5.11 Å². The first-order valence-corrected chi connectivity index (χ1v) is 4.72. The zero-order chi connectivity index (χ0) is 12.7. The topological polar surface area (TPSA) is 116 Å². The molecule has 7 heteroatoms. The minimum Gasteiger partial charge on any atom is -0.391 e. The van der Waals surface area contributed by atoms with Gasteiger partial charge in [-0.1, -0.05) is 0 Å². The fraction of sp³-hybridized carbons (Fsp3) is 0.667. The van der Waals surface area contributed by atoms with Crippen LogP contribution in [0.15, 0.2) is 0 Å². The van der Waals surface area contributed by atoms with Gasteiger partial charge in [-0.15, -0.1) is 0 Å². The summed E-state index contributed by atoms with van der Waals surface area (Å²) in [4.78, 5) is 31.8. The zero-order valence-electron chi connectivity index (χ0n) is 9.08. The van der Waals surface area contributed by atoms with Gasteiger partial charge in [0.05, 0.1) is 12.1 Å². The Labute approximate surface area is 92.8 Å². The molecule has 0 heterocycles. The summed E-state index contributed by atoms with van der Waals surface area (Å²) in [5.74, 6) is -0.479. The molecule has 0 rings (SSSR count). The van der Waals surface area contributed by atoms with E-state index in [1.54, 1.807) is 0 Å². The molecule has 0 saturated carbocycles. The van der Waals surface area contributed by atoms with E-state index in [0.717, 1.165) is 0 Å². The van der Waals surface area contributed by atoms with Gasteiger partial charge in [0.1, 0.15) is 18.4 Å². The zero-order valence-corrected chi connectivity index (χ0v) is 9.08. The molecule has 0 bridgehead atoms. The number of aldehydes is 1. The summed E-state index contributed by atoms with van der Waals surface area (Å²) >= 11 is 0. The average molecular weight is 232 g/mol. The number of hydrogen-bond acceptors (Lipinski definition) is 5. The highest BCUT2D eigenvalue weighted by atomic mass is 16.3. The fourth-order valence-corrected chi connectivity index (χ4v) is 1.24. The van der Waals surface area contributed by atoms with Gasteiger partial charge in [-0.05, 0) is 6.92 Å². The molecule has 4 atom stereocenters. The van der Waals surface area contributed by atoms with Crippen LogP contribution in [0.5, 0.6) is 0 Å². The molecule has 0 aliphatic carbocycles. The fourth-order valence-electron chi connectivity index (χ4n) is 1.24. The van der Waals surface area contributed by atoms with Crippen LogP contribution in [0.3, 0.4) is 0 Å². The highest BCUT2D eigenvalue weighted by molar-refractivity contribution is 5.77. The molecule has 0 spiro atoms. The van der Waals surface area contributed by atoms with Crippen molar-refractivity contribution >= 4 is 18.6 Å². The van der Waals surface area contributed by atoms with E-state index >= 15 is 0 Å². The van der Waals surface area contributed by atoms with Gasteiger partial charge in [0.15, 0.2) is 0 Å². The van der Waals surface area contributed by atoms with Crippen molar-refractivity contribution in [1.29, 1.82) is 0 Å². The predicted octanol–water partition coefficient (Wildman–Crippen LogP) is -2.45. The number of carbonyl (C=O) groups is 3. The molecule has 0 aromatic carbocycles. The predicted molar refractivity (Wildman–Crippen MR) is 54.3 cm³/mol. The third-order valence-corrected chi connectivity index (χ3v) is 2.03. The lowest BCUT2D eigenvalue weighted by molar-refractivity contribution is -0.124. The van der Waals surface area contributed by atoms with Crippen LogP contribution in [-0.4, -0.2) is 53.1 Å². The van der Waals surface area contributed by atoms with Gasteiger partial charge in [-0.25, -0.2) is 0 Å². The van der Waals surface area contributed by atoms with Gasteiger partial charge >= 0.3 is 0 Å². The first-order valence-electron chi connectivity index (χ1n) is 4.72. The minimum absolute atomic E-state index is 0.286. The van der Waals surface area contributed by atoms with Crippen molar-refractivity contribution in [1.82, 2.24) is 10.6 Å². The van der Waals surface area contributed by atoms with Crippen LogP contribution >= 0.6 is 0 Å². The maximum atomic E-state index is 10.8. The summed E-state index contributed by atoms with van der Waals surface area (Å²) in [6.45, 7) is 2.50. The molecule has 0 radical (unpaired) electrons. The van der Waals surface area contributed by atoms with Gasteiger partial charge in [-0.3, -0.25) is 9.59 Å². The highest BCUT2D eigenvalue weighted by Gasteiger charge is 2.31. The van der Waals surface area contributed by atoms with Gasteiger partial charge in [0, 0.05) is 6.92 Å². The second kappa shape index (κ2) is 6.91. The largest absolute Gasteiger partial charge is 0.391 e. The summed E-state index contributed by atoms with van der Waals surface area (Å²) in [7, 11) is 0. The van der Waals surface area contributed by atoms with Crippen LogP contribution < -0.4 is 10.6 Å². The Bertz CT molecular complexity index is 256. The number of hydrogen-bond donors (Lipinski definition) is 4. The average Bonchev–Trinajstić information content (AvgIpc) is 2.21. The number of carbonyl (C=O) groups excluding carboxylic acids is 3. The Kier molecular flexibility index (Phi) is 6.28. The third-order valence-electron chi connectivity index (χ3n) is 2.03. The molecule has 2 amide bonds. The molecular weight excluding hydrogens is 216 g/mol. The summed E-state index contributed by atoms with van der Waals surface area (Å²) in [5.41, 5.74) is 0. The van der Waals surface area contributed by atoms with E-state index in [0.29, 0.717) is 6.29 Å². The van der Waals surface area contributed by atoms with E-state index < -0.39 is 30.2 Å². The monoisotopic (exact) mass is 232 g/mol. The van der Waals surface area contributed by atoms with Crippen molar-refractivity contribution in [3.05, 3.63) is 0 Å². The van der Waals surface area contributed by atoms with Gasteiger partial charge in [0.2, 0.25) is 12.3 Å². The normalized spacial score (nSPS) is 17.8. The molecule has 0 saturated heterocycles. The van der Waals surface area contributed by atoms with Gasteiger partial charge < -0.3 is 25.6 Å². The van der Waals surface area contributed by atoms with E-state index in [-0.39, 0.29) is 6.41 Å². The Morgan fingerprint density at radius 1 is 1.31 bits per heavy atom. The number of amides is 2. The van der Waals surface area contributed by atoms with Crippen LogP contribution in [-0.2, 0) is 14.4 Å². The third kappa shape index (κ3) is 4.37. The first kappa shape index (κ1) is 14.5.